The van der Waals surface area contributed by atoms with Crippen molar-refractivity contribution < 1.29 is 9.66 Å². The first-order valence-electron chi connectivity index (χ1n) is 7.69. The largest absolute Gasteiger partial charge is 0.496 e. The lowest BCUT2D eigenvalue weighted by atomic mass is 10.0. The van der Waals surface area contributed by atoms with E-state index < -0.39 is 4.92 Å². The first-order chi connectivity index (χ1) is 12.0. The Morgan fingerprint density at radius 3 is 2.64 bits per heavy atom. The number of anilines is 1. The second-order valence-electron chi connectivity index (χ2n) is 5.70. The summed E-state index contributed by atoms with van der Waals surface area (Å²) in [6.07, 6.45) is 0. The highest BCUT2D eigenvalue weighted by Gasteiger charge is 2.19. The van der Waals surface area contributed by atoms with Crippen LogP contribution in [-0.4, -0.2) is 37.6 Å². The summed E-state index contributed by atoms with van der Waals surface area (Å²) in [5.74, 6) is 0.784. The average molecular weight is 340 g/mol. The van der Waals surface area contributed by atoms with Crippen LogP contribution in [0.5, 0.6) is 5.75 Å². The maximum Gasteiger partial charge on any atom is 0.270 e. The Bertz CT molecular complexity index is 799. The van der Waals surface area contributed by atoms with Gasteiger partial charge in [0.25, 0.3) is 5.69 Å². The van der Waals surface area contributed by atoms with Gasteiger partial charge in [-0.25, -0.2) is 0 Å². The highest BCUT2D eigenvalue weighted by Crippen LogP contribution is 2.29. The minimum atomic E-state index is -0.512. The predicted molar refractivity (Wildman–Crippen MR) is 95.7 cm³/mol. The van der Waals surface area contributed by atoms with Crippen molar-refractivity contribution in [3.63, 3.8) is 0 Å². The van der Waals surface area contributed by atoms with Crippen molar-refractivity contribution in [1.29, 1.82) is 5.26 Å². The Hall–Kier alpha value is -3.11. The number of rotatable bonds is 7. The van der Waals surface area contributed by atoms with Crippen molar-refractivity contribution in [3.05, 3.63) is 63.7 Å². The molecule has 2 aromatic carbocycles. The number of nitriles is 1. The number of hydrogen-bond donors (Lipinski definition) is 1. The first-order valence-corrected chi connectivity index (χ1v) is 7.69. The molecule has 130 valence electrons. The maximum absolute atomic E-state index is 10.8. The number of para-hydroxylation sites is 1. The third-order valence-electron chi connectivity index (χ3n) is 3.94. The summed E-state index contributed by atoms with van der Waals surface area (Å²) < 4.78 is 5.43. The molecule has 0 aromatic heterocycles. The predicted octanol–water partition coefficient (Wildman–Crippen LogP) is 3.19. The zero-order valence-corrected chi connectivity index (χ0v) is 14.4. The highest BCUT2D eigenvalue weighted by molar-refractivity contribution is 5.61. The van der Waals surface area contributed by atoms with Crippen LogP contribution >= 0.6 is 0 Å². The molecule has 0 amide bonds. The Balaban J connectivity index is 2.25. The van der Waals surface area contributed by atoms with Crippen molar-refractivity contribution in [2.75, 3.05) is 33.1 Å². The number of likely N-dealkylation sites (N-methyl/N-ethyl adjacent to an activating group) is 1. The molecule has 0 spiro atoms. The second-order valence-corrected chi connectivity index (χ2v) is 5.70. The van der Waals surface area contributed by atoms with Crippen molar-refractivity contribution in [2.24, 2.45) is 0 Å². The Labute approximate surface area is 146 Å². The monoisotopic (exact) mass is 340 g/mol. The smallest absolute Gasteiger partial charge is 0.270 e. The summed E-state index contributed by atoms with van der Waals surface area (Å²) in [6, 6.07) is 14.0. The topological polar surface area (TPSA) is 91.4 Å². The number of nitro groups is 1. The lowest BCUT2D eigenvalue weighted by Crippen LogP contribution is -2.27. The molecule has 0 heterocycles. The fourth-order valence-corrected chi connectivity index (χ4v) is 2.61. The van der Waals surface area contributed by atoms with E-state index in [1.54, 1.807) is 13.2 Å². The molecule has 0 bridgehead atoms. The maximum atomic E-state index is 10.8. The molecule has 7 heteroatoms. The van der Waals surface area contributed by atoms with E-state index in [-0.39, 0.29) is 17.3 Å². The Morgan fingerprint density at radius 1 is 1.32 bits per heavy atom. The lowest BCUT2D eigenvalue weighted by molar-refractivity contribution is -0.384. The molecule has 0 aliphatic rings. The van der Waals surface area contributed by atoms with Crippen molar-refractivity contribution >= 4 is 11.4 Å². The minimum Gasteiger partial charge on any atom is -0.496 e. The summed E-state index contributed by atoms with van der Waals surface area (Å²) >= 11 is 0. The third-order valence-corrected chi connectivity index (χ3v) is 3.94. The standard InChI is InChI=1S/C18H20N4O3/c1-21(2)17(15-6-4-5-7-18(15)25-3)12-20-16-9-8-14(22(23)24)10-13(16)11-19/h4-10,17,20H,12H2,1-3H3. The van der Waals surface area contributed by atoms with Crippen LogP contribution in [0.4, 0.5) is 11.4 Å². The van der Waals surface area contributed by atoms with Crippen molar-refractivity contribution in [2.45, 2.75) is 6.04 Å². The van der Waals surface area contributed by atoms with E-state index in [1.165, 1.54) is 12.1 Å². The number of ether oxygens (including phenoxy) is 1. The number of benzene rings is 2. The van der Waals surface area contributed by atoms with E-state index >= 15 is 0 Å². The van der Waals surface area contributed by atoms with Gasteiger partial charge in [0.1, 0.15) is 11.8 Å². The summed E-state index contributed by atoms with van der Waals surface area (Å²) in [6.45, 7) is 0.514. The van der Waals surface area contributed by atoms with E-state index in [9.17, 15) is 15.4 Å². The number of methoxy groups -OCH3 is 1. The first kappa shape index (κ1) is 18.2. The average Bonchev–Trinajstić information content (AvgIpc) is 2.61. The van der Waals surface area contributed by atoms with Crippen LogP contribution in [-0.2, 0) is 0 Å². The van der Waals surface area contributed by atoms with Crippen LogP contribution in [0.25, 0.3) is 0 Å². The SMILES string of the molecule is COc1ccccc1C(CNc1ccc([N+](=O)[O-])cc1C#N)N(C)C. The molecule has 7 nitrogen and oxygen atoms in total. The number of non-ortho nitro benzene ring substituents is 1. The molecule has 0 fully saturated rings. The fraction of sp³-hybridized carbons (Fsp3) is 0.278. The Morgan fingerprint density at radius 2 is 2.04 bits per heavy atom. The number of nitrogens with zero attached hydrogens (tertiary/aromatic N) is 3. The lowest BCUT2D eigenvalue weighted by Gasteiger charge is -2.27. The fourth-order valence-electron chi connectivity index (χ4n) is 2.61. The molecule has 0 aliphatic carbocycles. The highest BCUT2D eigenvalue weighted by atomic mass is 16.6. The van der Waals surface area contributed by atoms with E-state index in [4.69, 9.17) is 4.74 Å². The van der Waals surface area contributed by atoms with Gasteiger partial charge >= 0.3 is 0 Å². The van der Waals surface area contributed by atoms with Crippen LogP contribution < -0.4 is 10.1 Å². The van der Waals surface area contributed by atoms with Crippen molar-refractivity contribution in [3.8, 4) is 11.8 Å². The van der Waals surface area contributed by atoms with E-state index in [1.807, 2.05) is 49.3 Å². The van der Waals surface area contributed by atoms with Gasteiger partial charge in [0.15, 0.2) is 0 Å². The zero-order chi connectivity index (χ0) is 18.4. The molecule has 0 saturated heterocycles. The zero-order valence-electron chi connectivity index (χ0n) is 14.4. The Kier molecular flexibility index (Phi) is 5.93. The van der Waals surface area contributed by atoms with Gasteiger partial charge in [0, 0.05) is 24.2 Å². The van der Waals surface area contributed by atoms with Gasteiger partial charge < -0.3 is 15.0 Å². The van der Waals surface area contributed by atoms with E-state index in [0.717, 1.165) is 11.3 Å². The van der Waals surface area contributed by atoms with Gasteiger partial charge in [-0.15, -0.1) is 0 Å². The molecule has 0 aliphatic heterocycles. The molecule has 0 saturated carbocycles. The molecule has 0 radical (unpaired) electrons. The van der Waals surface area contributed by atoms with Gasteiger partial charge in [-0.2, -0.15) is 5.26 Å². The quantitative estimate of drug-likeness (QED) is 0.615. The number of nitrogens with one attached hydrogen (secondary N) is 1. The van der Waals surface area contributed by atoms with Gasteiger partial charge in [-0.05, 0) is 26.2 Å². The summed E-state index contributed by atoms with van der Waals surface area (Å²) in [5.41, 5.74) is 1.72. The minimum absolute atomic E-state index is 0.00196. The van der Waals surface area contributed by atoms with Crippen LogP contribution in [0.15, 0.2) is 42.5 Å². The molecule has 25 heavy (non-hydrogen) atoms. The van der Waals surface area contributed by atoms with E-state index in [0.29, 0.717) is 12.2 Å². The van der Waals surface area contributed by atoms with Crippen LogP contribution in [0.3, 0.4) is 0 Å². The van der Waals surface area contributed by atoms with Crippen LogP contribution in [0.2, 0.25) is 0 Å². The number of hydrogen-bond acceptors (Lipinski definition) is 6. The van der Waals surface area contributed by atoms with Crippen LogP contribution in [0, 0.1) is 21.4 Å². The molecular formula is C18H20N4O3. The van der Waals surface area contributed by atoms with E-state index in [2.05, 4.69) is 5.32 Å². The normalized spacial score (nSPS) is 11.6. The van der Waals surface area contributed by atoms with Crippen LogP contribution in [0.1, 0.15) is 17.2 Å². The summed E-state index contributed by atoms with van der Waals surface area (Å²) in [4.78, 5) is 12.4. The van der Waals surface area contributed by atoms with Crippen molar-refractivity contribution in [1.82, 2.24) is 4.90 Å². The molecule has 1 unspecified atom stereocenters. The van der Waals surface area contributed by atoms with Gasteiger partial charge in [-0.3, -0.25) is 10.1 Å². The summed E-state index contributed by atoms with van der Waals surface area (Å²) in [7, 11) is 5.54. The molecule has 2 aromatic rings. The second kappa shape index (κ2) is 8.13. The number of nitro benzene ring substituents is 1. The van der Waals surface area contributed by atoms with Gasteiger partial charge in [-0.1, -0.05) is 18.2 Å². The van der Waals surface area contributed by atoms with Gasteiger partial charge in [0.05, 0.1) is 29.3 Å². The molecular weight excluding hydrogens is 320 g/mol. The van der Waals surface area contributed by atoms with Gasteiger partial charge in [0.2, 0.25) is 0 Å². The summed E-state index contributed by atoms with van der Waals surface area (Å²) in [5, 5.41) is 23.3. The molecule has 2 rings (SSSR count). The molecule has 1 N–H and O–H groups in total. The molecule has 1 atom stereocenters. The third kappa shape index (κ3) is 4.25.